The number of oxazole rings is 1. The lowest BCUT2D eigenvalue weighted by atomic mass is 10.2. The fourth-order valence-corrected chi connectivity index (χ4v) is 2.11. The number of nitrogens with zero attached hydrogens (tertiary/aromatic N) is 1. The van der Waals surface area contributed by atoms with Gasteiger partial charge in [-0.05, 0) is 30.3 Å². The summed E-state index contributed by atoms with van der Waals surface area (Å²) in [6.45, 7) is 0. The highest BCUT2D eigenvalue weighted by Crippen LogP contribution is 2.21. The van der Waals surface area contributed by atoms with Crippen molar-refractivity contribution in [2.75, 3.05) is 0 Å². The van der Waals surface area contributed by atoms with Gasteiger partial charge in [0, 0.05) is 16.1 Å². The summed E-state index contributed by atoms with van der Waals surface area (Å²) in [4.78, 5) is 4.31. The van der Waals surface area contributed by atoms with Gasteiger partial charge in [-0.15, -0.1) is 0 Å². The third kappa shape index (κ3) is 2.58. The minimum atomic E-state index is -0.266. The highest BCUT2D eigenvalue weighted by molar-refractivity contribution is 9.10. The van der Waals surface area contributed by atoms with Gasteiger partial charge >= 0.3 is 0 Å². The minimum absolute atomic E-state index is 0.266. The molecular weight excluding hydrogens is 309 g/mol. The Balaban J connectivity index is 1.95. The number of aromatic nitrogens is 1. The van der Waals surface area contributed by atoms with E-state index in [1.165, 1.54) is 6.07 Å². The molecule has 2 nitrogen and oxygen atoms in total. The van der Waals surface area contributed by atoms with Gasteiger partial charge in [0.2, 0.25) is 5.89 Å². The fourth-order valence-electron chi connectivity index (χ4n) is 1.76. The van der Waals surface area contributed by atoms with Crippen LogP contribution in [-0.4, -0.2) is 4.98 Å². The molecule has 0 atom stereocenters. The van der Waals surface area contributed by atoms with Gasteiger partial charge in [0.1, 0.15) is 11.3 Å². The van der Waals surface area contributed by atoms with Gasteiger partial charge in [-0.2, -0.15) is 0 Å². The average molecular weight is 318 g/mol. The van der Waals surface area contributed by atoms with E-state index < -0.39 is 0 Å². The largest absolute Gasteiger partial charge is 0.437 e. The molecular formula is C15H9BrFNO. The number of benzene rings is 2. The molecule has 0 amide bonds. The molecule has 0 unspecified atom stereocenters. The Hall–Kier alpha value is -1.94. The van der Waals surface area contributed by atoms with Crippen molar-refractivity contribution in [3.63, 3.8) is 0 Å². The van der Waals surface area contributed by atoms with Crippen molar-refractivity contribution in [3.8, 4) is 0 Å². The molecule has 0 spiro atoms. The highest BCUT2D eigenvalue weighted by Gasteiger charge is 2.03. The Morgan fingerprint density at radius 2 is 1.95 bits per heavy atom. The maximum absolute atomic E-state index is 13.4. The molecule has 0 saturated heterocycles. The first kappa shape index (κ1) is 12.1. The van der Waals surface area contributed by atoms with E-state index in [0.717, 1.165) is 9.99 Å². The summed E-state index contributed by atoms with van der Waals surface area (Å²) in [7, 11) is 0. The summed E-state index contributed by atoms with van der Waals surface area (Å²) >= 11 is 3.38. The molecule has 4 heteroatoms. The molecule has 2 aromatic carbocycles. The second kappa shape index (κ2) is 4.97. The predicted octanol–water partition coefficient (Wildman–Crippen LogP) is 4.90. The highest BCUT2D eigenvalue weighted by atomic mass is 79.9. The maximum Gasteiger partial charge on any atom is 0.220 e. The zero-order valence-corrected chi connectivity index (χ0v) is 11.4. The lowest BCUT2D eigenvalue weighted by Crippen LogP contribution is -1.79. The van der Waals surface area contributed by atoms with Crippen molar-refractivity contribution in [3.05, 3.63) is 64.2 Å². The maximum atomic E-state index is 13.4. The van der Waals surface area contributed by atoms with E-state index in [0.29, 0.717) is 17.0 Å². The monoisotopic (exact) mass is 317 g/mol. The lowest BCUT2D eigenvalue weighted by Gasteiger charge is -1.93. The van der Waals surface area contributed by atoms with Crippen LogP contribution in [0.5, 0.6) is 0 Å². The third-order valence-electron chi connectivity index (χ3n) is 2.68. The average Bonchev–Trinajstić information content (AvgIpc) is 2.79. The number of hydrogen-bond donors (Lipinski definition) is 0. The first-order chi connectivity index (χ1) is 9.22. The second-order valence-corrected chi connectivity index (χ2v) is 4.93. The van der Waals surface area contributed by atoms with Crippen LogP contribution >= 0.6 is 15.9 Å². The van der Waals surface area contributed by atoms with Crippen LogP contribution < -0.4 is 0 Å². The molecule has 0 radical (unpaired) electrons. The van der Waals surface area contributed by atoms with E-state index in [4.69, 9.17) is 4.42 Å². The van der Waals surface area contributed by atoms with Crippen molar-refractivity contribution in [1.29, 1.82) is 0 Å². The zero-order valence-electron chi connectivity index (χ0n) is 9.81. The summed E-state index contributed by atoms with van der Waals surface area (Å²) in [5.41, 5.74) is 1.98. The first-order valence-corrected chi connectivity index (χ1v) is 6.50. The Kier molecular flexibility index (Phi) is 3.17. The molecule has 0 aliphatic rings. The van der Waals surface area contributed by atoms with Crippen LogP contribution in [0.2, 0.25) is 0 Å². The van der Waals surface area contributed by atoms with E-state index in [1.54, 1.807) is 30.4 Å². The summed E-state index contributed by atoms with van der Waals surface area (Å²) in [6, 6.07) is 12.2. The Morgan fingerprint density at radius 3 is 2.79 bits per heavy atom. The summed E-state index contributed by atoms with van der Waals surface area (Å²) < 4.78 is 19.9. The Morgan fingerprint density at radius 1 is 1.11 bits per heavy atom. The normalized spacial score (nSPS) is 11.5. The van der Waals surface area contributed by atoms with Crippen molar-refractivity contribution >= 4 is 39.2 Å². The molecule has 1 heterocycles. The predicted molar refractivity (Wildman–Crippen MR) is 77.0 cm³/mol. The number of rotatable bonds is 2. The summed E-state index contributed by atoms with van der Waals surface area (Å²) in [6.07, 6.45) is 3.31. The number of hydrogen-bond acceptors (Lipinski definition) is 2. The molecule has 0 N–H and O–H groups in total. The van der Waals surface area contributed by atoms with Crippen LogP contribution in [0.15, 0.2) is 51.4 Å². The molecule has 3 aromatic rings. The topological polar surface area (TPSA) is 26.0 Å². The second-order valence-electron chi connectivity index (χ2n) is 4.02. The van der Waals surface area contributed by atoms with Gasteiger partial charge < -0.3 is 4.42 Å². The van der Waals surface area contributed by atoms with Crippen LogP contribution in [0.3, 0.4) is 0 Å². The van der Waals surface area contributed by atoms with E-state index >= 15 is 0 Å². The first-order valence-electron chi connectivity index (χ1n) is 5.71. The zero-order chi connectivity index (χ0) is 13.2. The van der Waals surface area contributed by atoms with Gasteiger partial charge in [0.25, 0.3) is 0 Å². The minimum Gasteiger partial charge on any atom is -0.437 e. The molecule has 0 bridgehead atoms. The van der Waals surface area contributed by atoms with Crippen molar-refractivity contribution in [2.24, 2.45) is 0 Å². The SMILES string of the molecule is Fc1ccccc1/C=C/c1nc2cc(Br)ccc2o1. The molecule has 0 fully saturated rings. The van der Waals surface area contributed by atoms with E-state index in [2.05, 4.69) is 20.9 Å². The summed E-state index contributed by atoms with van der Waals surface area (Å²) in [5.74, 6) is 0.189. The quantitative estimate of drug-likeness (QED) is 0.672. The van der Waals surface area contributed by atoms with Gasteiger partial charge in [-0.3, -0.25) is 0 Å². The third-order valence-corrected chi connectivity index (χ3v) is 3.17. The van der Waals surface area contributed by atoms with Crippen molar-refractivity contribution < 1.29 is 8.81 Å². The van der Waals surface area contributed by atoms with Crippen molar-refractivity contribution in [2.45, 2.75) is 0 Å². The Bertz CT molecular complexity index is 764. The standard InChI is InChI=1S/C15H9BrFNO/c16-11-6-7-14-13(9-11)18-15(19-14)8-5-10-3-1-2-4-12(10)17/h1-9H/b8-5+. The lowest BCUT2D eigenvalue weighted by molar-refractivity contribution is 0.589. The van der Waals surface area contributed by atoms with Gasteiger partial charge in [-0.25, -0.2) is 9.37 Å². The molecule has 3 rings (SSSR count). The summed E-state index contributed by atoms with van der Waals surface area (Å²) in [5, 5.41) is 0. The molecule has 1 aromatic heterocycles. The molecule has 94 valence electrons. The fraction of sp³-hybridized carbons (Fsp3) is 0. The van der Waals surface area contributed by atoms with Crippen LogP contribution in [0.25, 0.3) is 23.3 Å². The number of halogens is 2. The number of fused-ring (bicyclic) bond motifs is 1. The van der Waals surface area contributed by atoms with Crippen LogP contribution in [0.1, 0.15) is 11.5 Å². The van der Waals surface area contributed by atoms with Crippen LogP contribution in [-0.2, 0) is 0 Å². The van der Waals surface area contributed by atoms with E-state index in [-0.39, 0.29) is 5.82 Å². The van der Waals surface area contributed by atoms with Gasteiger partial charge in [0.05, 0.1) is 0 Å². The van der Waals surface area contributed by atoms with E-state index in [1.807, 2.05) is 18.2 Å². The molecule has 0 aliphatic carbocycles. The van der Waals surface area contributed by atoms with E-state index in [9.17, 15) is 4.39 Å². The van der Waals surface area contributed by atoms with Crippen molar-refractivity contribution in [1.82, 2.24) is 4.98 Å². The van der Waals surface area contributed by atoms with Crippen LogP contribution in [0.4, 0.5) is 4.39 Å². The van der Waals surface area contributed by atoms with Crippen LogP contribution in [0, 0.1) is 5.82 Å². The molecule has 0 saturated carbocycles. The molecule has 19 heavy (non-hydrogen) atoms. The van der Waals surface area contributed by atoms with Gasteiger partial charge in [0.15, 0.2) is 5.58 Å². The van der Waals surface area contributed by atoms with Gasteiger partial charge in [-0.1, -0.05) is 34.1 Å². The Labute approximate surface area is 117 Å². The smallest absolute Gasteiger partial charge is 0.220 e. The molecule has 0 aliphatic heterocycles.